The van der Waals surface area contributed by atoms with Gasteiger partial charge in [-0.15, -0.1) is 0 Å². The number of nitrogens with two attached hydrogens (primary N) is 1. The molecule has 0 radical (unpaired) electrons. The molecule has 0 fully saturated rings. The van der Waals surface area contributed by atoms with Crippen molar-refractivity contribution in [2.24, 2.45) is 5.73 Å². The van der Waals surface area contributed by atoms with Crippen molar-refractivity contribution in [3.05, 3.63) is 48.2 Å². The summed E-state index contributed by atoms with van der Waals surface area (Å²) in [6, 6.07) is 10.4. The van der Waals surface area contributed by atoms with E-state index in [1.165, 1.54) is 6.20 Å². The van der Waals surface area contributed by atoms with Crippen molar-refractivity contribution < 1.29 is 24.1 Å². The van der Waals surface area contributed by atoms with Gasteiger partial charge in [0.2, 0.25) is 11.8 Å². The minimum absolute atomic E-state index is 0.143. The van der Waals surface area contributed by atoms with E-state index in [4.69, 9.17) is 19.9 Å². The Labute approximate surface area is 151 Å². The van der Waals surface area contributed by atoms with E-state index in [0.29, 0.717) is 42.6 Å². The lowest BCUT2D eigenvalue weighted by Crippen LogP contribution is -2.33. The number of carbonyl (C=O) groups is 1. The Morgan fingerprint density at radius 3 is 2.65 bits per heavy atom. The molecule has 2 aromatic rings. The monoisotopic (exact) mass is 361 g/mol. The van der Waals surface area contributed by atoms with Crippen molar-refractivity contribution in [2.45, 2.75) is 6.10 Å². The van der Waals surface area contributed by atoms with Crippen LogP contribution in [0.4, 0.5) is 0 Å². The number of amides is 1. The van der Waals surface area contributed by atoms with Crippen molar-refractivity contribution in [3.63, 3.8) is 0 Å². The summed E-state index contributed by atoms with van der Waals surface area (Å²) in [5, 5.41) is 13.0. The number of para-hydroxylation sites is 2. The molecule has 1 unspecified atom stereocenters. The van der Waals surface area contributed by atoms with Gasteiger partial charge in [-0.3, -0.25) is 4.79 Å². The standard InChI is InChI=1S/C18H23N3O5/c1-24-15-4-2-3-5-16(15)26-12-14(22)11-20-8-9-25-17-7-6-13(10-21-17)18(19)23/h2-7,10,14,20,22H,8-9,11-12H2,1H3,(H2,19,23). The van der Waals surface area contributed by atoms with Crippen LogP contribution in [0.5, 0.6) is 17.4 Å². The maximum absolute atomic E-state index is 10.9. The number of nitrogens with one attached hydrogen (secondary N) is 1. The summed E-state index contributed by atoms with van der Waals surface area (Å²) in [4.78, 5) is 14.9. The zero-order chi connectivity index (χ0) is 18.8. The number of aromatic nitrogens is 1. The van der Waals surface area contributed by atoms with Crippen LogP contribution >= 0.6 is 0 Å². The molecule has 1 aromatic heterocycles. The maximum atomic E-state index is 10.9. The van der Waals surface area contributed by atoms with E-state index in [0.717, 1.165) is 0 Å². The summed E-state index contributed by atoms with van der Waals surface area (Å²) in [6.07, 6.45) is 0.692. The van der Waals surface area contributed by atoms with Crippen LogP contribution in [0.25, 0.3) is 0 Å². The van der Waals surface area contributed by atoms with Crippen molar-refractivity contribution in [1.29, 1.82) is 0 Å². The van der Waals surface area contributed by atoms with Gasteiger partial charge in [0.25, 0.3) is 0 Å². The smallest absolute Gasteiger partial charge is 0.250 e. The second kappa shape index (κ2) is 10.2. The van der Waals surface area contributed by atoms with E-state index in [-0.39, 0.29) is 6.61 Å². The van der Waals surface area contributed by atoms with Gasteiger partial charge < -0.3 is 30.4 Å². The number of aliphatic hydroxyl groups is 1. The van der Waals surface area contributed by atoms with Gasteiger partial charge >= 0.3 is 0 Å². The van der Waals surface area contributed by atoms with Gasteiger partial charge in [0.1, 0.15) is 19.3 Å². The first-order valence-electron chi connectivity index (χ1n) is 8.13. The van der Waals surface area contributed by atoms with E-state index < -0.39 is 12.0 Å². The van der Waals surface area contributed by atoms with E-state index in [1.54, 1.807) is 31.4 Å². The molecule has 1 amide bonds. The summed E-state index contributed by atoms with van der Waals surface area (Å²) in [5.41, 5.74) is 5.47. The molecule has 26 heavy (non-hydrogen) atoms. The number of ether oxygens (including phenoxy) is 3. The van der Waals surface area contributed by atoms with Crippen LogP contribution in [0.2, 0.25) is 0 Å². The third-order valence-electron chi connectivity index (χ3n) is 3.43. The molecule has 0 aliphatic heterocycles. The molecule has 140 valence electrons. The average Bonchev–Trinajstić information content (AvgIpc) is 2.66. The Bertz CT molecular complexity index is 693. The SMILES string of the molecule is COc1ccccc1OCC(O)CNCCOc1ccc(C(N)=O)cn1. The van der Waals surface area contributed by atoms with Crippen molar-refractivity contribution in [2.75, 3.05) is 33.4 Å². The van der Waals surface area contributed by atoms with E-state index in [1.807, 2.05) is 12.1 Å². The van der Waals surface area contributed by atoms with E-state index in [2.05, 4.69) is 10.3 Å². The molecule has 4 N–H and O–H groups in total. The molecular weight excluding hydrogens is 338 g/mol. The van der Waals surface area contributed by atoms with Crippen LogP contribution in [-0.2, 0) is 0 Å². The first-order chi connectivity index (χ1) is 12.6. The second-order valence-electron chi connectivity index (χ2n) is 5.42. The number of hydrogen-bond donors (Lipinski definition) is 3. The van der Waals surface area contributed by atoms with Gasteiger partial charge in [-0.05, 0) is 18.2 Å². The van der Waals surface area contributed by atoms with Crippen LogP contribution in [0.1, 0.15) is 10.4 Å². The van der Waals surface area contributed by atoms with Crippen molar-refractivity contribution in [3.8, 4) is 17.4 Å². The van der Waals surface area contributed by atoms with E-state index in [9.17, 15) is 9.90 Å². The zero-order valence-corrected chi connectivity index (χ0v) is 14.6. The number of hydrogen-bond acceptors (Lipinski definition) is 7. The lowest BCUT2D eigenvalue weighted by molar-refractivity contribution is 0.1000. The number of rotatable bonds is 11. The number of primary amides is 1. The highest BCUT2D eigenvalue weighted by Crippen LogP contribution is 2.25. The van der Waals surface area contributed by atoms with Gasteiger partial charge in [-0.2, -0.15) is 0 Å². The molecule has 0 spiro atoms. The lowest BCUT2D eigenvalue weighted by atomic mass is 10.3. The molecular formula is C18H23N3O5. The predicted molar refractivity (Wildman–Crippen MR) is 95.6 cm³/mol. The number of carbonyl (C=O) groups excluding carboxylic acids is 1. The number of methoxy groups -OCH3 is 1. The summed E-state index contributed by atoms with van der Waals surface area (Å²) < 4.78 is 16.2. The molecule has 0 saturated heterocycles. The van der Waals surface area contributed by atoms with Gasteiger partial charge in [0.15, 0.2) is 11.5 Å². The Hall–Kier alpha value is -2.84. The lowest BCUT2D eigenvalue weighted by Gasteiger charge is -2.15. The van der Waals surface area contributed by atoms with Crippen molar-refractivity contribution >= 4 is 5.91 Å². The second-order valence-corrected chi connectivity index (χ2v) is 5.42. The van der Waals surface area contributed by atoms with Gasteiger partial charge in [0.05, 0.1) is 12.7 Å². The maximum Gasteiger partial charge on any atom is 0.250 e. The van der Waals surface area contributed by atoms with Crippen LogP contribution in [0.3, 0.4) is 0 Å². The van der Waals surface area contributed by atoms with Gasteiger partial charge in [-0.1, -0.05) is 12.1 Å². The van der Waals surface area contributed by atoms with Gasteiger partial charge in [-0.25, -0.2) is 4.98 Å². The van der Waals surface area contributed by atoms with Crippen LogP contribution in [0, 0.1) is 0 Å². The first-order valence-corrected chi connectivity index (χ1v) is 8.13. The average molecular weight is 361 g/mol. The largest absolute Gasteiger partial charge is 0.493 e. The summed E-state index contributed by atoms with van der Waals surface area (Å²) in [7, 11) is 1.57. The molecule has 0 aliphatic rings. The predicted octanol–water partition coefficient (Wildman–Crippen LogP) is 0.597. The van der Waals surface area contributed by atoms with Gasteiger partial charge in [0, 0.05) is 25.4 Å². The fourth-order valence-electron chi connectivity index (χ4n) is 2.09. The molecule has 8 heteroatoms. The Kier molecular flexibility index (Phi) is 7.66. The number of pyridine rings is 1. The normalized spacial score (nSPS) is 11.6. The first kappa shape index (κ1) is 19.5. The highest BCUT2D eigenvalue weighted by Gasteiger charge is 2.08. The summed E-state index contributed by atoms with van der Waals surface area (Å²) >= 11 is 0. The Morgan fingerprint density at radius 1 is 1.23 bits per heavy atom. The molecule has 1 atom stereocenters. The van der Waals surface area contributed by atoms with Crippen molar-refractivity contribution in [1.82, 2.24) is 10.3 Å². The van der Waals surface area contributed by atoms with Crippen LogP contribution < -0.4 is 25.3 Å². The van der Waals surface area contributed by atoms with Crippen LogP contribution in [-0.4, -0.2) is 55.5 Å². The molecule has 1 aromatic carbocycles. The molecule has 2 rings (SSSR count). The Balaban J connectivity index is 1.61. The number of nitrogens with zero attached hydrogens (tertiary/aromatic N) is 1. The highest BCUT2D eigenvalue weighted by atomic mass is 16.5. The minimum atomic E-state index is -0.673. The zero-order valence-electron chi connectivity index (χ0n) is 14.6. The minimum Gasteiger partial charge on any atom is -0.493 e. The fraction of sp³-hybridized carbons (Fsp3) is 0.333. The molecule has 1 heterocycles. The van der Waals surface area contributed by atoms with Crippen LogP contribution in [0.15, 0.2) is 42.6 Å². The summed E-state index contributed by atoms with van der Waals surface area (Å²) in [5.74, 6) is 1.07. The number of benzene rings is 1. The molecule has 0 bridgehead atoms. The third kappa shape index (κ3) is 6.23. The quantitative estimate of drug-likeness (QED) is 0.502. The summed E-state index contributed by atoms with van der Waals surface area (Å²) in [6.45, 7) is 1.38. The molecule has 0 aliphatic carbocycles. The molecule has 0 saturated carbocycles. The topological polar surface area (TPSA) is 116 Å². The fourth-order valence-corrected chi connectivity index (χ4v) is 2.09. The third-order valence-corrected chi connectivity index (χ3v) is 3.43. The number of aliphatic hydroxyl groups excluding tert-OH is 1. The Morgan fingerprint density at radius 2 is 2.00 bits per heavy atom. The van der Waals surface area contributed by atoms with E-state index >= 15 is 0 Å². The molecule has 8 nitrogen and oxygen atoms in total. The highest BCUT2D eigenvalue weighted by molar-refractivity contribution is 5.92.